The van der Waals surface area contributed by atoms with E-state index >= 15 is 0 Å². The minimum Gasteiger partial charge on any atom is -0.508 e. The zero-order chi connectivity index (χ0) is 13.8. The van der Waals surface area contributed by atoms with Crippen molar-refractivity contribution in [1.82, 2.24) is 0 Å². The predicted molar refractivity (Wildman–Crippen MR) is 77.9 cm³/mol. The van der Waals surface area contributed by atoms with Gasteiger partial charge in [-0.3, -0.25) is 0 Å². The summed E-state index contributed by atoms with van der Waals surface area (Å²) in [4.78, 5) is 0. The van der Waals surface area contributed by atoms with Crippen LogP contribution in [0.4, 0.5) is 0 Å². The van der Waals surface area contributed by atoms with Crippen molar-refractivity contribution in [2.75, 3.05) is 6.61 Å². The Labute approximate surface area is 118 Å². The molecule has 2 nitrogen and oxygen atoms in total. The molecule has 0 aliphatic heterocycles. The van der Waals surface area contributed by atoms with Gasteiger partial charge in [-0.25, -0.2) is 0 Å². The fraction of sp³-hybridized carbons (Fsp3) is 0.250. The van der Waals surface area contributed by atoms with Gasteiger partial charge < -0.3 is 10.2 Å². The second-order valence-corrected chi connectivity index (χ2v) is 5.15. The van der Waals surface area contributed by atoms with Crippen molar-refractivity contribution in [3.63, 3.8) is 0 Å². The zero-order valence-electron chi connectivity index (χ0n) is 10.8. The molecule has 19 heavy (non-hydrogen) atoms. The largest absolute Gasteiger partial charge is 0.508 e. The van der Waals surface area contributed by atoms with E-state index < -0.39 is 0 Å². The van der Waals surface area contributed by atoms with Gasteiger partial charge in [0.25, 0.3) is 0 Å². The van der Waals surface area contributed by atoms with Gasteiger partial charge in [0.2, 0.25) is 0 Å². The van der Waals surface area contributed by atoms with Crippen LogP contribution in [0, 0.1) is 0 Å². The van der Waals surface area contributed by atoms with Crippen LogP contribution in [0.1, 0.15) is 29.5 Å². The van der Waals surface area contributed by atoms with E-state index in [0.29, 0.717) is 11.4 Å². The van der Waals surface area contributed by atoms with E-state index in [4.69, 9.17) is 11.6 Å². The Bertz CT molecular complexity index is 566. The first-order valence-corrected chi connectivity index (χ1v) is 6.65. The lowest BCUT2D eigenvalue weighted by atomic mass is 9.96. The lowest BCUT2D eigenvalue weighted by molar-refractivity contribution is 0.273. The highest BCUT2D eigenvalue weighted by Crippen LogP contribution is 2.27. The maximum Gasteiger partial charge on any atom is 0.119 e. The number of benzene rings is 2. The van der Waals surface area contributed by atoms with Crippen LogP contribution in [0.2, 0.25) is 5.02 Å². The zero-order valence-corrected chi connectivity index (χ0v) is 11.6. The molecule has 3 heteroatoms. The molecule has 0 fully saturated rings. The maximum absolute atomic E-state index is 9.80. The molecular formula is C16H17ClO2. The summed E-state index contributed by atoms with van der Waals surface area (Å²) < 4.78 is 0. The molecule has 0 radical (unpaired) electrons. The molecule has 2 N–H and O–H groups in total. The molecule has 0 aliphatic carbocycles. The number of hydrogen-bond acceptors (Lipinski definition) is 2. The number of aliphatic hydroxyl groups is 1. The third kappa shape index (κ3) is 3.28. The number of phenols is 1. The van der Waals surface area contributed by atoms with E-state index in [9.17, 15) is 10.2 Å². The summed E-state index contributed by atoms with van der Waals surface area (Å²) in [5.41, 5.74) is 2.86. The third-order valence-electron chi connectivity index (χ3n) is 3.29. The van der Waals surface area contributed by atoms with Crippen LogP contribution in [0.25, 0.3) is 0 Å². The van der Waals surface area contributed by atoms with Crippen LogP contribution >= 0.6 is 11.6 Å². The first kappa shape index (κ1) is 13.9. The van der Waals surface area contributed by atoms with E-state index in [1.807, 2.05) is 37.3 Å². The van der Waals surface area contributed by atoms with Gasteiger partial charge in [0.1, 0.15) is 5.75 Å². The second kappa shape index (κ2) is 6.09. The molecule has 2 rings (SSSR count). The Hall–Kier alpha value is -1.51. The predicted octanol–water partition coefficient (Wildman–Crippen LogP) is 3.73. The summed E-state index contributed by atoms with van der Waals surface area (Å²) in [5, 5.41) is 19.7. The molecule has 0 saturated carbocycles. The smallest absolute Gasteiger partial charge is 0.119 e. The first-order valence-electron chi connectivity index (χ1n) is 6.28. The van der Waals surface area contributed by atoms with Crippen LogP contribution in [0.15, 0.2) is 42.5 Å². The molecular weight excluding hydrogens is 260 g/mol. The Morgan fingerprint density at radius 1 is 1.11 bits per heavy atom. The van der Waals surface area contributed by atoms with Gasteiger partial charge in [-0.15, -0.1) is 0 Å². The minimum absolute atomic E-state index is 0.0837. The quantitative estimate of drug-likeness (QED) is 0.893. The average molecular weight is 277 g/mol. The Morgan fingerprint density at radius 3 is 2.53 bits per heavy atom. The standard InChI is InChI=1S/C16H17ClO2/c1-11(10-18)12-6-7-15(17)14(8-12)9-13-4-2-3-5-16(13)19/h2-8,11,18-19H,9-10H2,1H3. The van der Waals surface area contributed by atoms with Crippen molar-refractivity contribution in [3.05, 3.63) is 64.2 Å². The van der Waals surface area contributed by atoms with Crippen molar-refractivity contribution in [3.8, 4) is 5.75 Å². The maximum atomic E-state index is 9.80. The minimum atomic E-state index is 0.0837. The Kier molecular flexibility index (Phi) is 4.46. The van der Waals surface area contributed by atoms with Crippen molar-refractivity contribution in [2.24, 2.45) is 0 Å². The fourth-order valence-corrected chi connectivity index (χ4v) is 2.19. The van der Waals surface area contributed by atoms with Gasteiger partial charge in [0.15, 0.2) is 0 Å². The van der Waals surface area contributed by atoms with Gasteiger partial charge in [-0.05, 0) is 28.8 Å². The molecule has 0 aliphatic rings. The van der Waals surface area contributed by atoms with Crippen LogP contribution in [0.5, 0.6) is 5.75 Å². The van der Waals surface area contributed by atoms with Gasteiger partial charge >= 0.3 is 0 Å². The van der Waals surface area contributed by atoms with Gasteiger partial charge in [-0.2, -0.15) is 0 Å². The average Bonchev–Trinajstić information content (AvgIpc) is 2.42. The number of halogens is 1. The summed E-state index contributed by atoms with van der Waals surface area (Å²) in [6.07, 6.45) is 0.581. The van der Waals surface area contributed by atoms with Gasteiger partial charge in [0.05, 0.1) is 0 Å². The summed E-state index contributed by atoms with van der Waals surface area (Å²) in [7, 11) is 0. The molecule has 0 spiro atoms. The molecule has 2 aromatic carbocycles. The van der Waals surface area contributed by atoms with Gasteiger partial charge in [0, 0.05) is 24.0 Å². The summed E-state index contributed by atoms with van der Waals surface area (Å²) in [6.45, 7) is 2.07. The summed E-state index contributed by atoms with van der Waals surface area (Å²) >= 11 is 6.20. The van der Waals surface area contributed by atoms with E-state index in [1.54, 1.807) is 12.1 Å². The number of rotatable bonds is 4. The van der Waals surface area contributed by atoms with Crippen LogP contribution in [0.3, 0.4) is 0 Å². The van der Waals surface area contributed by atoms with E-state index in [1.165, 1.54) is 0 Å². The lowest BCUT2D eigenvalue weighted by Crippen LogP contribution is -2.00. The van der Waals surface area contributed by atoms with Crippen LogP contribution in [-0.4, -0.2) is 16.8 Å². The van der Waals surface area contributed by atoms with E-state index in [0.717, 1.165) is 16.7 Å². The Balaban J connectivity index is 2.32. The molecule has 1 unspecified atom stereocenters. The van der Waals surface area contributed by atoms with Crippen molar-refractivity contribution >= 4 is 11.6 Å². The van der Waals surface area contributed by atoms with Crippen LogP contribution < -0.4 is 0 Å². The lowest BCUT2D eigenvalue weighted by Gasteiger charge is -2.12. The number of aromatic hydroxyl groups is 1. The van der Waals surface area contributed by atoms with E-state index in [-0.39, 0.29) is 18.3 Å². The molecule has 1 atom stereocenters. The molecule has 0 saturated heterocycles. The molecule has 0 amide bonds. The van der Waals surface area contributed by atoms with Crippen LogP contribution in [-0.2, 0) is 6.42 Å². The van der Waals surface area contributed by atoms with Crippen molar-refractivity contribution < 1.29 is 10.2 Å². The highest BCUT2D eigenvalue weighted by Gasteiger charge is 2.09. The number of hydrogen-bond donors (Lipinski definition) is 2. The molecule has 0 aromatic heterocycles. The SMILES string of the molecule is CC(CO)c1ccc(Cl)c(Cc2ccccc2O)c1. The summed E-state index contributed by atoms with van der Waals surface area (Å²) in [6, 6.07) is 13.0. The summed E-state index contributed by atoms with van der Waals surface area (Å²) in [5.74, 6) is 0.361. The first-order chi connectivity index (χ1) is 9.11. The highest BCUT2D eigenvalue weighted by molar-refractivity contribution is 6.31. The normalized spacial score (nSPS) is 12.4. The molecule has 0 bridgehead atoms. The monoisotopic (exact) mass is 276 g/mol. The molecule has 100 valence electrons. The number of aliphatic hydroxyl groups excluding tert-OH is 1. The number of para-hydroxylation sites is 1. The fourth-order valence-electron chi connectivity index (χ4n) is 2.01. The third-order valence-corrected chi connectivity index (χ3v) is 3.65. The number of phenolic OH excluding ortho intramolecular Hbond substituents is 1. The van der Waals surface area contributed by atoms with Crippen molar-refractivity contribution in [1.29, 1.82) is 0 Å². The highest BCUT2D eigenvalue weighted by atomic mass is 35.5. The second-order valence-electron chi connectivity index (χ2n) is 4.74. The molecule has 0 heterocycles. The van der Waals surface area contributed by atoms with E-state index in [2.05, 4.69) is 0 Å². The van der Waals surface area contributed by atoms with Crippen molar-refractivity contribution in [2.45, 2.75) is 19.3 Å². The van der Waals surface area contributed by atoms with Gasteiger partial charge in [-0.1, -0.05) is 48.9 Å². The molecule has 2 aromatic rings. The topological polar surface area (TPSA) is 40.5 Å². The Morgan fingerprint density at radius 2 is 1.84 bits per heavy atom.